The van der Waals surface area contributed by atoms with Crippen LogP contribution in [-0.4, -0.2) is 79.8 Å². The zero-order valence-electron chi connectivity index (χ0n) is 48.7. The summed E-state index contributed by atoms with van der Waals surface area (Å²) in [5, 5.41) is 24.7. The van der Waals surface area contributed by atoms with Crippen molar-refractivity contribution in [1.29, 1.82) is 0 Å². The Bertz CT molecular complexity index is 1350. The van der Waals surface area contributed by atoms with E-state index in [2.05, 4.69) is 67.8 Å². The van der Waals surface area contributed by atoms with Crippen molar-refractivity contribution in [1.82, 2.24) is 5.32 Å². The SMILES string of the molecule is CCCCC/C=C/CC/C=C/CCCC(O)C(O)C(COP(=O)([O-])OCC[N+](C)(C)C)NC(=O)CCCCCCCCCCCCCCCCCCCCCCCCCCC/C=C\C/C=C\CCCCCCC. The first kappa shape index (κ1) is 71.4. The summed E-state index contributed by atoms with van der Waals surface area (Å²) in [6.07, 6.45) is 67.9. The smallest absolute Gasteiger partial charge is 0.268 e. The van der Waals surface area contributed by atoms with Crippen LogP contribution in [0.15, 0.2) is 48.6 Å². The predicted molar refractivity (Wildman–Crippen MR) is 313 cm³/mol. The van der Waals surface area contributed by atoms with Crippen molar-refractivity contribution in [3.8, 4) is 0 Å². The van der Waals surface area contributed by atoms with Gasteiger partial charge in [0.2, 0.25) is 5.91 Å². The second-order valence-electron chi connectivity index (χ2n) is 22.5. The van der Waals surface area contributed by atoms with Crippen molar-refractivity contribution in [2.24, 2.45) is 0 Å². The molecule has 73 heavy (non-hydrogen) atoms. The van der Waals surface area contributed by atoms with E-state index in [1.165, 1.54) is 199 Å². The molecule has 0 heterocycles. The second-order valence-corrected chi connectivity index (χ2v) is 23.9. The molecule has 0 bridgehead atoms. The third-order valence-electron chi connectivity index (χ3n) is 14.1. The fraction of sp³-hybridized carbons (Fsp3) is 0.857. The van der Waals surface area contributed by atoms with Gasteiger partial charge < -0.3 is 34.0 Å². The number of amides is 1. The number of rotatable bonds is 57. The highest BCUT2D eigenvalue weighted by Gasteiger charge is 2.29. The summed E-state index contributed by atoms with van der Waals surface area (Å²) < 4.78 is 23.2. The molecule has 0 aliphatic carbocycles. The molecule has 0 aromatic rings. The molecule has 3 N–H and O–H groups in total. The summed E-state index contributed by atoms with van der Waals surface area (Å²) in [5.41, 5.74) is 0. The Morgan fingerprint density at radius 1 is 0.493 bits per heavy atom. The molecule has 0 radical (unpaired) electrons. The number of likely N-dealkylation sites (N-methyl/N-ethyl adjacent to an activating group) is 1. The number of allylic oxidation sites excluding steroid dienone is 8. The van der Waals surface area contributed by atoms with E-state index in [0.29, 0.717) is 30.3 Å². The molecule has 0 spiro atoms. The average Bonchev–Trinajstić information content (AvgIpc) is 3.35. The molecule has 430 valence electrons. The number of phosphoric acid groups is 1. The zero-order valence-corrected chi connectivity index (χ0v) is 49.6. The van der Waals surface area contributed by atoms with Crippen LogP contribution in [0.25, 0.3) is 0 Å². The van der Waals surface area contributed by atoms with Gasteiger partial charge in [-0.15, -0.1) is 0 Å². The van der Waals surface area contributed by atoms with Crippen LogP contribution in [0, 0.1) is 0 Å². The Labute approximate surface area is 452 Å². The van der Waals surface area contributed by atoms with E-state index in [1.54, 1.807) is 0 Å². The molecule has 0 saturated heterocycles. The van der Waals surface area contributed by atoms with Crippen LogP contribution in [-0.2, 0) is 18.4 Å². The van der Waals surface area contributed by atoms with Crippen molar-refractivity contribution in [2.45, 2.75) is 308 Å². The number of nitrogens with zero attached hydrogens (tertiary/aromatic N) is 1. The third-order valence-corrected chi connectivity index (χ3v) is 15.1. The van der Waals surface area contributed by atoms with Gasteiger partial charge in [-0.1, -0.05) is 249 Å². The number of phosphoric ester groups is 1. The van der Waals surface area contributed by atoms with Crippen LogP contribution in [0.4, 0.5) is 0 Å². The number of nitrogens with one attached hydrogen (secondary N) is 1. The van der Waals surface area contributed by atoms with E-state index < -0.39 is 32.7 Å². The van der Waals surface area contributed by atoms with Gasteiger partial charge in [-0.25, -0.2) is 0 Å². The van der Waals surface area contributed by atoms with E-state index in [1.807, 2.05) is 21.1 Å². The largest absolute Gasteiger partial charge is 0.756 e. The minimum Gasteiger partial charge on any atom is -0.756 e. The Kier molecular flexibility index (Phi) is 52.6. The van der Waals surface area contributed by atoms with Crippen LogP contribution in [0.2, 0.25) is 0 Å². The van der Waals surface area contributed by atoms with Crippen LogP contribution in [0.5, 0.6) is 0 Å². The fourth-order valence-electron chi connectivity index (χ4n) is 9.19. The van der Waals surface area contributed by atoms with Crippen molar-refractivity contribution in [3.63, 3.8) is 0 Å². The molecular weight excluding hydrogens is 928 g/mol. The van der Waals surface area contributed by atoms with E-state index in [-0.39, 0.29) is 18.9 Å². The summed E-state index contributed by atoms with van der Waals surface area (Å²) in [7, 11) is 1.11. The first-order chi connectivity index (χ1) is 35.4. The molecule has 0 saturated carbocycles. The van der Waals surface area contributed by atoms with Gasteiger partial charge >= 0.3 is 0 Å². The third kappa shape index (κ3) is 55.0. The van der Waals surface area contributed by atoms with E-state index in [9.17, 15) is 24.5 Å². The maximum absolute atomic E-state index is 13.0. The highest BCUT2D eigenvalue weighted by molar-refractivity contribution is 7.45. The van der Waals surface area contributed by atoms with Crippen molar-refractivity contribution < 1.29 is 38.0 Å². The molecule has 0 fully saturated rings. The van der Waals surface area contributed by atoms with Crippen LogP contribution < -0.4 is 10.2 Å². The van der Waals surface area contributed by atoms with Gasteiger partial charge in [0.1, 0.15) is 19.3 Å². The molecule has 0 aliphatic rings. The van der Waals surface area contributed by atoms with Gasteiger partial charge in [-0.05, 0) is 83.5 Å². The quantitative estimate of drug-likeness (QED) is 0.0240. The van der Waals surface area contributed by atoms with Gasteiger partial charge in [0, 0.05) is 6.42 Å². The molecule has 0 rings (SSSR count). The minimum absolute atomic E-state index is 0.0480. The molecule has 4 atom stereocenters. The molecule has 1 amide bonds. The minimum atomic E-state index is -4.68. The first-order valence-electron chi connectivity index (χ1n) is 31.1. The number of aliphatic hydroxyl groups excluding tert-OH is 2. The highest BCUT2D eigenvalue weighted by atomic mass is 31.2. The number of unbranched alkanes of at least 4 members (excludes halogenated alkanes) is 35. The molecule has 0 aromatic carbocycles. The predicted octanol–water partition coefficient (Wildman–Crippen LogP) is 17.4. The number of hydrogen-bond acceptors (Lipinski definition) is 7. The number of carbonyl (C=O) groups excluding carboxylic acids is 1. The maximum atomic E-state index is 13.0. The molecule has 0 aromatic heterocycles. The van der Waals surface area contributed by atoms with E-state index in [4.69, 9.17) is 9.05 Å². The lowest BCUT2D eigenvalue weighted by Crippen LogP contribution is -2.51. The average molecular weight is 1050 g/mol. The van der Waals surface area contributed by atoms with Gasteiger partial charge in [-0.2, -0.15) is 0 Å². The zero-order chi connectivity index (χ0) is 53.6. The number of hydrogen-bond donors (Lipinski definition) is 3. The Morgan fingerprint density at radius 3 is 1.26 bits per heavy atom. The summed E-state index contributed by atoms with van der Waals surface area (Å²) in [4.78, 5) is 25.5. The number of quaternary nitrogens is 1. The molecule has 9 nitrogen and oxygen atoms in total. The first-order valence-corrected chi connectivity index (χ1v) is 32.5. The van der Waals surface area contributed by atoms with Gasteiger partial charge in [0.25, 0.3) is 7.82 Å². The van der Waals surface area contributed by atoms with Crippen molar-refractivity contribution in [2.75, 3.05) is 40.9 Å². The summed E-state index contributed by atoms with van der Waals surface area (Å²) >= 11 is 0. The van der Waals surface area contributed by atoms with Crippen LogP contribution in [0.1, 0.15) is 290 Å². The van der Waals surface area contributed by atoms with E-state index in [0.717, 1.165) is 51.4 Å². The Balaban J connectivity index is 3.97. The number of aliphatic hydroxyl groups is 2. The lowest BCUT2D eigenvalue weighted by molar-refractivity contribution is -0.870. The Hall–Kier alpha value is -1.58. The summed E-state index contributed by atoms with van der Waals surface area (Å²) in [6, 6.07) is -1.10. The molecule has 10 heteroatoms. The fourth-order valence-corrected chi connectivity index (χ4v) is 9.91. The normalized spacial score (nSPS) is 14.6. The van der Waals surface area contributed by atoms with Gasteiger partial charge in [0.05, 0.1) is 39.9 Å². The van der Waals surface area contributed by atoms with E-state index >= 15 is 0 Å². The standard InChI is InChI=1S/C63H121N2O7P/c1-6-8-10-12-14-16-18-20-21-22-23-24-25-26-27-28-29-30-31-32-33-34-35-36-37-38-39-40-41-42-43-44-46-48-50-52-54-56-62(67)64-60(59-72-73(69,70)71-58-57-65(3,4)5)63(68)61(66)55-53-51-49-47-45-19-17-15-13-11-9-7-2/h15,17-18,20,22-23,47,49,60-61,63,66,68H,6-14,16,19,21,24-46,48,50-59H2,1-5H3,(H-,64,67,69,70)/b17-15+,20-18-,23-22-,49-47+. The molecular formula is C63H121N2O7P. The summed E-state index contributed by atoms with van der Waals surface area (Å²) in [6.45, 7) is 4.39. The van der Waals surface area contributed by atoms with Crippen molar-refractivity contribution in [3.05, 3.63) is 48.6 Å². The van der Waals surface area contributed by atoms with Crippen LogP contribution in [0.3, 0.4) is 0 Å². The van der Waals surface area contributed by atoms with Gasteiger partial charge in [-0.3, -0.25) is 9.36 Å². The Morgan fingerprint density at radius 2 is 0.836 bits per heavy atom. The van der Waals surface area contributed by atoms with Crippen molar-refractivity contribution >= 4 is 13.7 Å². The van der Waals surface area contributed by atoms with Crippen LogP contribution >= 0.6 is 7.82 Å². The number of carbonyl (C=O) groups is 1. The highest BCUT2D eigenvalue weighted by Crippen LogP contribution is 2.38. The lowest BCUT2D eigenvalue weighted by atomic mass is 10.0. The topological polar surface area (TPSA) is 128 Å². The van der Waals surface area contributed by atoms with Gasteiger partial charge in [0.15, 0.2) is 0 Å². The molecule has 4 unspecified atom stereocenters. The monoisotopic (exact) mass is 1050 g/mol. The lowest BCUT2D eigenvalue weighted by Gasteiger charge is -2.31. The maximum Gasteiger partial charge on any atom is 0.268 e. The molecule has 0 aliphatic heterocycles. The summed E-state index contributed by atoms with van der Waals surface area (Å²) in [5.74, 6) is -0.289. The second kappa shape index (κ2) is 53.8.